The van der Waals surface area contributed by atoms with Crippen molar-refractivity contribution in [3.05, 3.63) is 16.4 Å². The lowest BCUT2D eigenvalue weighted by Crippen LogP contribution is -2.37. The van der Waals surface area contributed by atoms with E-state index in [1.165, 1.54) is 12.8 Å². The number of carbonyl (C=O) groups excluding carboxylic acids is 2. The van der Waals surface area contributed by atoms with Gasteiger partial charge in [0, 0.05) is 25.6 Å². The average molecular weight is 353 g/mol. The molecule has 3 rings (SSSR count). The van der Waals surface area contributed by atoms with Crippen LogP contribution in [0.15, 0.2) is 0 Å². The predicted molar refractivity (Wildman–Crippen MR) is 91.8 cm³/mol. The zero-order chi connectivity index (χ0) is 17.3. The topological polar surface area (TPSA) is 67.2 Å². The summed E-state index contributed by atoms with van der Waals surface area (Å²) in [5.41, 5.74) is 1.71. The molecule has 2 amide bonds. The molecular weight excluding hydrogens is 328 g/mol. The summed E-state index contributed by atoms with van der Waals surface area (Å²) in [5, 5.41) is 7.97. The molecule has 1 N–H and O–H groups in total. The third-order valence-electron chi connectivity index (χ3n) is 5.21. The van der Waals surface area contributed by atoms with Gasteiger partial charge in [0.2, 0.25) is 11.8 Å². The summed E-state index contributed by atoms with van der Waals surface area (Å²) >= 11 is 6.12. The van der Waals surface area contributed by atoms with Crippen molar-refractivity contribution in [3.63, 3.8) is 0 Å². The summed E-state index contributed by atoms with van der Waals surface area (Å²) in [6.45, 7) is 5.43. The predicted octanol–water partition coefficient (Wildman–Crippen LogP) is 2.06. The lowest BCUT2D eigenvalue weighted by molar-refractivity contribution is -0.130. The fourth-order valence-electron chi connectivity index (χ4n) is 3.80. The molecule has 1 aromatic heterocycles. The molecule has 1 aliphatic carbocycles. The molecule has 0 spiro atoms. The standard InChI is InChI=1S/C17H25ClN4O2/c1-11-16(18)12(2)22(20-11)8-7-19-17(24)13-9-15(23)21(10-13)14-5-3-4-6-14/h13-14H,3-10H2,1-2H3,(H,19,24). The highest BCUT2D eigenvalue weighted by atomic mass is 35.5. The molecule has 1 saturated carbocycles. The summed E-state index contributed by atoms with van der Waals surface area (Å²) in [4.78, 5) is 26.5. The number of hydrogen-bond donors (Lipinski definition) is 1. The van der Waals surface area contributed by atoms with Crippen molar-refractivity contribution in [1.29, 1.82) is 0 Å². The normalized spacial score (nSPS) is 21.7. The van der Waals surface area contributed by atoms with E-state index in [9.17, 15) is 9.59 Å². The van der Waals surface area contributed by atoms with Gasteiger partial charge in [0.05, 0.1) is 28.9 Å². The molecule has 24 heavy (non-hydrogen) atoms. The van der Waals surface area contributed by atoms with Crippen LogP contribution >= 0.6 is 11.6 Å². The molecule has 132 valence electrons. The Balaban J connectivity index is 1.48. The van der Waals surface area contributed by atoms with Gasteiger partial charge < -0.3 is 10.2 Å². The largest absolute Gasteiger partial charge is 0.354 e. The highest BCUT2D eigenvalue weighted by molar-refractivity contribution is 6.31. The van der Waals surface area contributed by atoms with Crippen molar-refractivity contribution in [3.8, 4) is 0 Å². The Morgan fingerprint density at radius 1 is 1.33 bits per heavy atom. The Kier molecular flexibility index (Phi) is 5.13. The van der Waals surface area contributed by atoms with E-state index in [4.69, 9.17) is 11.6 Å². The van der Waals surface area contributed by atoms with Gasteiger partial charge in [-0.2, -0.15) is 5.10 Å². The van der Waals surface area contributed by atoms with E-state index < -0.39 is 0 Å². The molecule has 1 unspecified atom stereocenters. The summed E-state index contributed by atoms with van der Waals surface area (Å²) in [5.74, 6) is -0.119. The first kappa shape index (κ1) is 17.3. The second kappa shape index (κ2) is 7.13. The van der Waals surface area contributed by atoms with Crippen LogP contribution in [-0.4, -0.2) is 45.6 Å². The first-order chi connectivity index (χ1) is 11.5. The van der Waals surface area contributed by atoms with Crippen LogP contribution in [0.1, 0.15) is 43.5 Å². The Labute approximate surface area is 147 Å². The monoisotopic (exact) mass is 352 g/mol. The lowest BCUT2D eigenvalue weighted by atomic mass is 10.1. The Morgan fingerprint density at radius 3 is 2.67 bits per heavy atom. The molecular formula is C17H25ClN4O2. The van der Waals surface area contributed by atoms with E-state index >= 15 is 0 Å². The van der Waals surface area contributed by atoms with Crippen molar-refractivity contribution in [2.24, 2.45) is 5.92 Å². The number of amides is 2. The third kappa shape index (κ3) is 3.43. The number of rotatable bonds is 5. The number of carbonyl (C=O) groups is 2. The average Bonchev–Trinajstić information content (AvgIpc) is 3.25. The van der Waals surface area contributed by atoms with E-state index in [0.29, 0.717) is 37.1 Å². The van der Waals surface area contributed by atoms with Crippen LogP contribution in [0.25, 0.3) is 0 Å². The van der Waals surface area contributed by atoms with Crippen LogP contribution < -0.4 is 5.32 Å². The molecule has 2 heterocycles. The summed E-state index contributed by atoms with van der Waals surface area (Å²) in [7, 11) is 0. The maximum atomic E-state index is 12.4. The van der Waals surface area contributed by atoms with Gasteiger partial charge in [-0.1, -0.05) is 24.4 Å². The highest BCUT2D eigenvalue weighted by Gasteiger charge is 2.38. The quantitative estimate of drug-likeness (QED) is 0.882. The molecule has 1 saturated heterocycles. The number of likely N-dealkylation sites (tertiary alicyclic amines) is 1. The minimum atomic E-state index is -0.220. The van der Waals surface area contributed by atoms with E-state index in [1.54, 1.807) is 0 Å². The third-order valence-corrected chi connectivity index (χ3v) is 5.76. The van der Waals surface area contributed by atoms with Crippen molar-refractivity contribution < 1.29 is 9.59 Å². The minimum absolute atomic E-state index is 0.0310. The number of nitrogens with one attached hydrogen (secondary N) is 1. The smallest absolute Gasteiger partial charge is 0.225 e. The van der Waals surface area contributed by atoms with E-state index in [1.807, 2.05) is 23.4 Å². The number of aryl methyl sites for hydroxylation is 1. The van der Waals surface area contributed by atoms with Crippen molar-refractivity contribution in [1.82, 2.24) is 20.0 Å². The van der Waals surface area contributed by atoms with Crippen LogP contribution in [-0.2, 0) is 16.1 Å². The number of aromatic nitrogens is 2. The molecule has 1 aliphatic heterocycles. The van der Waals surface area contributed by atoms with Gasteiger partial charge in [0.15, 0.2) is 0 Å². The summed E-state index contributed by atoms with van der Waals surface area (Å²) < 4.78 is 1.81. The second-order valence-electron chi connectivity index (χ2n) is 6.88. The van der Waals surface area contributed by atoms with Gasteiger partial charge >= 0.3 is 0 Å². The zero-order valence-corrected chi connectivity index (χ0v) is 15.1. The van der Waals surface area contributed by atoms with Crippen molar-refractivity contribution in [2.75, 3.05) is 13.1 Å². The maximum Gasteiger partial charge on any atom is 0.225 e. The summed E-state index contributed by atoms with van der Waals surface area (Å²) in [6.07, 6.45) is 4.89. The minimum Gasteiger partial charge on any atom is -0.354 e. The van der Waals surface area contributed by atoms with Crippen LogP contribution in [0.2, 0.25) is 5.02 Å². The molecule has 2 fully saturated rings. The van der Waals surface area contributed by atoms with Gasteiger partial charge in [-0.15, -0.1) is 0 Å². The van der Waals surface area contributed by atoms with E-state index in [0.717, 1.165) is 24.2 Å². The van der Waals surface area contributed by atoms with Gasteiger partial charge in [-0.3, -0.25) is 14.3 Å². The number of nitrogens with zero attached hydrogens (tertiary/aromatic N) is 3. The molecule has 0 aromatic carbocycles. The Hall–Kier alpha value is -1.56. The fourth-order valence-corrected chi connectivity index (χ4v) is 3.93. The maximum absolute atomic E-state index is 12.4. The molecule has 1 atom stereocenters. The zero-order valence-electron chi connectivity index (χ0n) is 14.3. The van der Waals surface area contributed by atoms with Crippen LogP contribution in [0.5, 0.6) is 0 Å². The van der Waals surface area contributed by atoms with Crippen LogP contribution in [0.4, 0.5) is 0 Å². The van der Waals surface area contributed by atoms with Gasteiger partial charge in [-0.25, -0.2) is 0 Å². The molecule has 6 nitrogen and oxygen atoms in total. The van der Waals surface area contributed by atoms with Gasteiger partial charge in [0.1, 0.15) is 0 Å². The molecule has 7 heteroatoms. The van der Waals surface area contributed by atoms with E-state index in [-0.39, 0.29) is 17.7 Å². The fraction of sp³-hybridized carbons (Fsp3) is 0.706. The molecule has 0 radical (unpaired) electrons. The Bertz CT molecular complexity index is 637. The second-order valence-corrected chi connectivity index (χ2v) is 7.26. The van der Waals surface area contributed by atoms with Crippen molar-refractivity contribution >= 4 is 23.4 Å². The highest BCUT2D eigenvalue weighted by Crippen LogP contribution is 2.29. The number of halogens is 1. The Morgan fingerprint density at radius 2 is 2.04 bits per heavy atom. The summed E-state index contributed by atoms with van der Waals surface area (Å²) in [6, 6.07) is 0.354. The van der Waals surface area contributed by atoms with Gasteiger partial charge in [0.25, 0.3) is 0 Å². The molecule has 0 bridgehead atoms. The SMILES string of the molecule is Cc1nn(CCNC(=O)C2CC(=O)N(C3CCCC3)C2)c(C)c1Cl. The lowest BCUT2D eigenvalue weighted by Gasteiger charge is -2.23. The van der Waals surface area contributed by atoms with Crippen molar-refractivity contribution in [2.45, 2.75) is 58.5 Å². The number of hydrogen-bond acceptors (Lipinski definition) is 3. The first-order valence-electron chi connectivity index (χ1n) is 8.74. The van der Waals surface area contributed by atoms with Crippen LogP contribution in [0.3, 0.4) is 0 Å². The first-order valence-corrected chi connectivity index (χ1v) is 9.12. The van der Waals surface area contributed by atoms with E-state index in [2.05, 4.69) is 10.4 Å². The molecule has 1 aromatic rings. The van der Waals surface area contributed by atoms with Crippen LogP contribution in [0, 0.1) is 19.8 Å². The van der Waals surface area contributed by atoms with Gasteiger partial charge in [-0.05, 0) is 26.7 Å². The molecule has 2 aliphatic rings.